The van der Waals surface area contributed by atoms with Crippen LogP contribution in [0.1, 0.15) is 30.0 Å². The summed E-state index contributed by atoms with van der Waals surface area (Å²) in [5.74, 6) is 0.525. The van der Waals surface area contributed by atoms with Crippen molar-refractivity contribution in [3.8, 4) is 0 Å². The summed E-state index contributed by atoms with van der Waals surface area (Å²) < 4.78 is 0. The maximum Gasteiger partial charge on any atom is 0.268 e. The van der Waals surface area contributed by atoms with Gasteiger partial charge in [0.05, 0.1) is 12.4 Å². The van der Waals surface area contributed by atoms with E-state index < -0.39 is 5.38 Å². The van der Waals surface area contributed by atoms with Gasteiger partial charge in [0.1, 0.15) is 16.2 Å². The van der Waals surface area contributed by atoms with Crippen molar-refractivity contribution in [2.75, 3.05) is 18.0 Å². The standard InChI is InChI=1S/C22H22ClN5OS/c23-19-16(5-8-25-21(19)29)30-18-13-26-17(12-27-18)28-9-6-22(7-10-28)11-14-3-1-2-4-15(14)20(22)24/h1-5,8,12-13,19-20H,6-7,9-11,24H2/t19?,20-/m1/s1. The van der Waals surface area contributed by atoms with Gasteiger partial charge in [0.25, 0.3) is 5.91 Å². The number of nitrogens with two attached hydrogens (primary N) is 1. The van der Waals surface area contributed by atoms with E-state index in [1.807, 2.05) is 0 Å². The summed E-state index contributed by atoms with van der Waals surface area (Å²) in [4.78, 5) is 27.4. The first-order valence-electron chi connectivity index (χ1n) is 10.1. The Balaban J connectivity index is 1.24. The number of allylic oxidation sites excluding steroid dienone is 1. The molecule has 3 aliphatic rings. The molecule has 1 saturated heterocycles. The third-order valence-corrected chi connectivity index (χ3v) is 8.00. The number of dihydropyridines is 1. The molecule has 1 unspecified atom stereocenters. The third kappa shape index (κ3) is 3.45. The van der Waals surface area contributed by atoms with Gasteiger partial charge >= 0.3 is 0 Å². The lowest BCUT2D eigenvalue weighted by molar-refractivity contribution is -0.116. The molecule has 1 spiro atoms. The van der Waals surface area contributed by atoms with Crippen LogP contribution in [0.15, 0.2) is 57.7 Å². The molecule has 1 aromatic heterocycles. The number of thioether (sulfide) groups is 1. The maximum absolute atomic E-state index is 11.6. The maximum atomic E-state index is 11.6. The number of fused-ring (bicyclic) bond motifs is 1. The minimum atomic E-state index is -0.750. The Hall–Kier alpha value is -2.22. The first kappa shape index (κ1) is 19.7. The average molecular weight is 440 g/mol. The van der Waals surface area contributed by atoms with Crippen molar-refractivity contribution in [3.63, 3.8) is 0 Å². The van der Waals surface area contributed by atoms with Crippen LogP contribution < -0.4 is 10.6 Å². The van der Waals surface area contributed by atoms with Gasteiger partial charge in [0.15, 0.2) is 0 Å². The van der Waals surface area contributed by atoms with Crippen LogP contribution >= 0.6 is 23.4 Å². The molecule has 2 aliphatic heterocycles. The average Bonchev–Trinajstić information content (AvgIpc) is 3.04. The Labute approximate surface area is 184 Å². The molecule has 1 aliphatic carbocycles. The van der Waals surface area contributed by atoms with E-state index in [0.29, 0.717) is 9.93 Å². The van der Waals surface area contributed by atoms with Gasteiger partial charge in [-0.15, -0.1) is 11.6 Å². The molecule has 2 N–H and O–H groups in total. The van der Waals surface area contributed by atoms with E-state index in [0.717, 1.165) is 38.2 Å². The van der Waals surface area contributed by atoms with Gasteiger partial charge in [0.2, 0.25) is 0 Å². The van der Waals surface area contributed by atoms with Gasteiger partial charge in [-0.2, -0.15) is 0 Å². The van der Waals surface area contributed by atoms with Crippen LogP contribution in [0.4, 0.5) is 5.82 Å². The fraction of sp³-hybridized carbons (Fsp3) is 0.364. The molecule has 1 fully saturated rings. The zero-order valence-corrected chi connectivity index (χ0v) is 17.9. The summed E-state index contributed by atoms with van der Waals surface area (Å²) in [5.41, 5.74) is 9.54. The highest BCUT2D eigenvalue weighted by Gasteiger charge is 2.45. The van der Waals surface area contributed by atoms with Crippen molar-refractivity contribution >= 4 is 41.3 Å². The summed E-state index contributed by atoms with van der Waals surface area (Å²) in [7, 11) is 0. The van der Waals surface area contributed by atoms with Crippen LogP contribution in [-0.4, -0.2) is 40.6 Å². The second-order valence-corrected chi connectivity index (χ2v) is 9.60. The van der Waals surface area contributed by atoms with Gasteiger partial charge in [-0.1, -0.05) is 36.0 Å². The number of anilines is 1. The van der Waals surface area contributed by atoms with E-state index in [1.54, 1.807) is 18.5 Å². The molecule has 0 bridgehead atoms. The van der Waals surface area contributed by atoms with Gasteiger partial charge in [0, 0.05) is 30.3 Å². The van der Waals surface area contributed by atoms with E-state index in [1.165, 1.54) is 29.1 Å². The zero-order valence-electron chi connectivity index (χ0n) is 16.4. The summed E-state index contributed by atoms with van der Waals surface area (Å²) >= 11 is 7.47. The lowest BCUT2D eigenvalue weighted by Gasteiger charge is -2.42. The van der Waals surface area contributed by atoms with Crippen molar-refractivity contribution in [1.29, 1.82) is 0 Å². The number of halogens is 1. The molecule has 5 rings (SSSR count). The Morgan fingerprint density at radius 2 is 1.97 bits per heavy atom. The number of amides is 1. The lowest BCUT2D eigenvalue weighted by atomic mass is 9.73. The van der Waals surface area contributed by atoms with Crippen LogP contribution in [-0.2, 0) is 11.2 Å². The molecule has 0 saturated carbocycles. The smallest absolute Gasteiger partial charge is 0.268 e. The SMILES string of the molecule is N[C@@H]1c2ccccc2CC12CCN(c1cnc(SC3=CC=NC(=O)C3Cl)cn1)CC2. The topological polar surface area (TPSA) is 84.5 Å². The van der Waals surface area contributed by atoms with Gasteiger partial charge < -0.3 is 10.6 Å². The highest BCUT2D eigenvalue weighted by molar-refractivity contribution is 8.03. The predicted molar refractivity (Wildman–Crippen MR) is 120 cm³/mol. The molecular formula is C22H22ClN5OS. The second-order valence-electron chi connectivity index (χ2n) is 8.07. The van der Waals surface area contributed by atoms with E-state index >= 15 is 0 Å². The number of benzene rings is 1. The number of carbonyl (C=O) groups excluding carboxylic acids is 1. The van der Waals surface area contributed by atoms with Crippen molar-refractivity contribution in [3.05, 3.63) is 58.8 Å². The number of hydrogen-bond acceptors (Lipinski definition) is 6. The van der Waals surface area contributed by atoms with Crippen LogP contribution in [0.5, 0.6) is 0 Å². The van der Waals surface area contributed by atoms with E-state index in [9.17, 15) is 4.79 Å². The number of alkyl halides is 1. The monoisotopic (exact) mass is 439 g/mol. The van der Waals surface area contributed by atoms with Crippen LogP contribution in [0, 0.1) is 5.41 Å². The van der Waals surface area contributed by atoms with E-state index in [-0.39, 0.29) is 17.4 Å². The first-order chi connectivity index (χ1) is 14.6. The molecule has 6 nitrogen and oxygen atoms in total. The number of nitrogens with zero attached hydrogens (tertiary/aromatic N) is 4. The van der Waals surface area contributed by atoms with Gasteiger partial charge in [-0.3, -0.25) is 4.79 Å². The number of rotatable bonds is 3. The predicted octanol–water partition coefficient (Wildman–Crippen LogP) is 3.51. The van der Waals surface area contributed by atoms with Crippen LogP contribution in [0.2, 0.25) is 0 Å². The molecule has 0 radical (unpaired) electrons. The summed E-state index contributed by atoms with van der Waals surface area (Å²) in [6, 6.07) is 8.69. The Kier molecular flexibility index (Phi) is 5.13. The minimum Gasteiger partial charge on any atom is -0.355 e. The number of aromatic nitrogens is 2. The van der Waals surface area contributed by atoms with Crippen LogP contribution in [0.25, 0.3) is 0 Å². The summed E-state index contributed by atoms with van der Waals surface area (Å²) in [6.07, 6.45) is 9.91. The fourth-order valence-corrected chi connectivity index (χ4v) is 5.72. The Morgan fingerprint density at radius 1 is 1.17 bits per heavy atom. The largest absolute Gasteiger partial charge is 0.355 e. The first-order valence-corrected chi connectivity index (χ1v) is 11.3. The van der Waals surface area contributed by atoms with Crippen LogP contribution in [0.3, 0.4) is 0 Å². The van der Waals surface area contributed by atoms with Gasteiger partial charge in [-0.25, -0.2) is 15.0 Å². The number of aliphatic imine (C=N–C) groups is 1. The third-order valence-electron chi connectivity index (χ3n) is 6.42. The van der Waals surface area contributed by atoms with Crippen molar-refractivity contribution in [2.24, 2.45) is 16.1 Å². The van der Waals surface area contributed by atoms with Crippen molar-refractivity contribution in [1.82, 2.24) is 9.97 Å². The van der Waals surface area contributed by atoms with E-state index in [4.69, 9.17) is 17.3 Å². The minimum absolute atomic E-state index is 0.110. The summed E-state index contributed by atoms with van der Waals surface area (Å²) in [5, 5.41) is -0.0417. The number of hydrogen-bond donors (Lipinski definition) is 1. The molecule has 2 atom stereocenters. The second kappa shape index (κ2) is 7.80. The molecule has 1 amide bonds. The molecule has 154 valence electrons. The highest BCUT2D eigenvalue weighted by Crippen LogP contribution is 2.50. The molecule has 8 heteroatoms. The normalized spacial score (nSPS) is 24.8. The Morgan fingerprint density at radius 3 is 2.70 bits per heavy atom. The fourth-order valence-electron chi connectivity index (χ4n) is 4.67. The number of carbonyl (C=O) groups is 1. The van der Waals surface area contributed by atoms with E-state index in [2.05, 4.69) is 44.1 Å². The molecule has 3 heterocycles. The molecule has 30 heavy (non-hydrogen) atoms. The molecule has 2 aromatic rings. The molecule has 1 aromatic carbocycles. The molecular weight excluding hydrogens is 418 g/mol. The van der Waals surface area contributed by atoms with Crippen molar-refractivity contribution in [2.45, 2.75) is 35.7 Å². The summed E-state index contributed by atoms with van der Waals surface area (Å²) in [6.45, 7) is 1.84. The zero-order chi connectivity index (χ0) is 20.7. The van der Waals surface area contributed by atoms with Gasteiger partial charge in [-0.05, 0) is 41.9 Å². The quantitative estimate of drug-likeness (QED) is 0.736. The Bertz CT molecular complexity index is 1030. The number of piperidine rings is 1. The lowest BCUT2D eigenvalue weighted by Crippen LogP contribution is -2.44. The van der Waals surface area contributed by atoms with Crippen molar-refractivity contribution < 1.29 is 4.79 Å². The highest BCUT2D eigenvalue weighted by atomic mass is 35.5.